The summed E-state index contributed by atoms with van der Waals surface area (Å²) in [6, 6.07) is 10.7. The van der Waals surface area contributed by atoms with Gasteiger partial charge in [-0.15, -0.1) is 0 Å². The maximum atomic E-state index is 12.3. The summed E-state index contributed by atoms with van der Waals surface area (Å²) >= 11 is 11.7. The number of urea groups is 1. The van der Waals surface area contributed by atoms with E-state index in [1.807, 2.05) is 30.3 Å². The number of carbonyl (C=O) groups is 2. The van der Waals surface area contributed by atoms with E-state index in [-0.39, 0.29) is 23.1 Å². The van der Waals surface area contributed by atoms with Gasteiger partial charge in [0.15, 0.2) is 0 Å². The van der Waals surface area contributed by atoms with Crippen LogP contribution in [-0.4, -0.2) is 41.0 Å². The number of hydrogen-bond acceptors (Lipinski definition) is 2. The minimum atomic E-state index is -0.249. The van der Waals surface area contributed by atoms with Gasteiger partial charge in [0, 0.05) is 24.8 Å². The lowest BCUT2D eigenvalue weighted by Gasteiger charge is -2.32. The molecule has 1 fully saturated rings. The van der Waals surface area contributed by atoms with Gasteiger partial charge in [0.2, 0.25) is 0 Å². The Hall–Kier alpha value is -2.18. The molecule has 132 valence electrons. The molecule has 1 aromatic heterocycles. The van der Waals surface area contributed by atoms with Crippen LogP contribution in [0.4, 0.5) is 10.5 Å². The van der Waals surface area contributed by atoms with E-state index in [0.717, 1.165) is 5.69 Å². The molecule has 0 unspecified atom stereocenters. The van der Waals surface area contributed by atoms with Crippen molar-refractivity contribution in [1.82, 2.24) is 15.2 Å². The summed E-state index contributed by atoms with van der Waals surface area (Å²) in [7, 11) is 0. The van der Waals surface area contributed by atoms with Crippen LogP contribution in [0.2, 0.25) is 10.2 Å². The summed E-state index contributed by atoms with van der Waals surface area (Å²) in [5.41, 5.74) is 1.10. The van der Waals surface area contributed by atoms with Crippen molar-refractivity contribution in [2.75, 3.05) is 18.4 Å². The second-order valence-electron chi connectivity index (χ2n) is 5.88. The van der Waals surface area contributed by atoms with Crippen LogP contribution in [0.15, 0.2) is 36.4 Å². The number of hydrogen-bond donors (Lipinski definition) is 3. The Bertz CT molecular complexity index is 736. The van der Waals surface area contributed by atoms with Crippen molar-refractivity contribution in [2.45, 2.75) is 18.9 Å². The molecule has 1 aromatic carbocycles. The molecule has 8 heteroatoms. The van der Waals surface area contributed by atoms with Crippen LogP contribution in [0.25, 0.3) is 0 Å². The van der Waals surface area contributed by atoms with Crippen LogP contribution in [-0.2, 0) is 0 Å². The van der Waals surface area contributed by atoms with Crippen LogP contribution in [0, 0.1) is 0 Å². The molecule has 2 heterocycles. The van der Waals surface area contributed by atoms with E-state index in [1.165, 1.54) is 6.07 Å². The van der Waals surface area contributed by atoms with Crippen LogP contribution in [0.1, 0.15) is 23.3 Å². The molecule has 1 aliphatic heterocycles. The van der Waals surface area contributed by atoms with E-state index in [1.54, 1.807) is 4.90 Å². The normalized spacial score (nSPS) is 15.0. The molecular weight excluding hydrogens is 363 g/mol. The average Bonchev–Trinajstić information content (AvgIpc) is 2.95. The van der Waals surface area contributed by atoms with Gasteiger partial charge in [-0.05, 0) is 31.0 Å². The van der Waals surface area contributed by atoms with E-state index in [4.69, 9.17) is 23.2 Å². The first-order chi connectivity index (χ1) is 12.0. The number of piperidine rings is 1. The van der Waals surface area contributed by atoms with Gasteiger partial charge in [-0.2, -0.15) is 0 Å². The molecule has 1 aliphatic rings. The third-order valence-electron chi connectivity index (χ3n) is 4.11. The molecule has 6 nitrogen and oxygen atoms in total. The lowest BCUT2D eigenvalue weighted by Crippen LogP contribution is -2.47. The minimum Gasteiger partial charge on any atom is -0.348 e. The van der Waals surface area contributed by atoms with E-state index in [2.05, 4.69) is 15.6 Å². The summed E-state index contributed by atoms with van der Waals surface area (Å²) in [4.78, 5) is 28.9. The molecule has 0 saturated carbocycles. The zero-order valence-electron chi connectivity index (χ0n) is 13.4. The molecule has 3 rings (SSSR count). The summed E-state index contributed by atoms with van der Waals surface area (Å²) in [6.45, 7) is 1.16. The van der Waals surface area contributed by atoms with Crippen molar-refractivity contribution in [3.8, 4) is 0 Å². The number of para-hydroxylation sites is 1. The fraction of sp³-hybridized carbons (Fsp3) is 0.294. The van der Waals surface area contributed by atoms with Crippen LogP contribution < -0.4 is 10.6 Å². The summed E-state index contributed by atoms with van der Waals surface area (Å²) in [5.74, 6) is -0.249. The lowest BCUT2D eigenvalue weighted by atomic mass is 10.1. The standard InChI is InChI=1S/C17H18Cl2N4O2/c18-13-10-14(22-15(13)19)16(24)20-12-6-8-23(9-7-12)17(25)21-11-4-2-1-3-5-11/h1-5,10,12,22H,6-9H2,(H,20,24)(H,21,25). The Morgan fingerprint density at radius 1 is 1.12 bits per heavy atom. The predicted octanol–water partition coefficient (Wildman–Crippen LogP) is 3.75. The molecule has 0 radical (unpaired) electrons. The van der Waals surface area contributed by atoms with Crippen molar-refractivity contribution in [2.24, 2.45) is 0 Å². The first-order valence-corrected chi connectivity index (χ1v) is 8.74. The van der Waals surface area contributed by atoms with Gasteiger partial charge < -0.3 is 20.5 Å². The van der Waals surface area contributed by atoms with Crippen molar-refractivity contribution in [3.63, 3.8) is 0 Å². The topological polar surface area (TPSA) is 77.2 Å². The molecule has 0 atom stereocenters. The summed E-state index contributed by atoms with van der Waals surface area (Å²) in [6.07, 6.45) is 1.38. The number of likely N-dealkylation sites (tertiary alicyclic amines) is 1. The smallest absolute Gasteiger partial charge is 0.321 e. The maximum Gasteiger partial charge on any atom is 0.321 e. The number of aromatic nitrogens is 1. The monoisotopic (exact) mass is 380 g/mol. The number of anilines is 1. The number of benzene rings is 1. The molecule has 3 amide bonds. The van der Waals surface area contributed by atoms with Gasteiger partial charge in [0.05, 0.1) is 5.02 Å². The van der Waals surface area contributed by atoms with Crippen LogP contribution in [0.5, 0.6) is 0 Å². The summed E-state index contributed by atoms with van der Waals surface area (Å²) < 4.78 is 0. The van der Waals surface area contributed by atoms with Gasteiger partial charge >= 0.3 is 6.03 Å². The third-order valence-corrected chi connectivity index (χ3v) is 4.81. The molecule has 3 N–H and O–H groups in total. The number of aromatic amines is 1. The second kappa shape index (κ2) is 7.80. The van der Waals surface area contributed by atoms with E-state index in [0.29, 0.717) is 36.6 Å². The van der Waals surface area contributed by atoms with E-state index in [9.17, 15) is 9.59 Å². The number of H-pyrrole nitrogens is 1. The second-order valence-corrected chi connectivity index (χ2v) is 6.66. The Kier molecular flexibility index (Phi) is 5.50. The van der Waals surface area contributed by atoms with E-state index < -0.39 is 0 Å². The Labute approximate surface area is 155 Å². The fourth-order valence-corrected chi connectivity index (χ4v) is 3.05. The summed E-state index contributed by atoms with van der Waals surface area (Å²) in [5, 5.41) is 6.37. The highest BCUT2D eigenvalue weighted by molar-refractivity contribution is 6.41. The number of rotatable bonds is 3. The molecule has 0 spiro atoms. The minimum absolute atomic E-state index is 0.00845. The van der Waals surface area contributed by atoms with Gasteiger partial charge in [-0.25, -0.2) is 4.79 Å². The van der Waals surface area contributed by atoms with Gasteiger partial charge in [-0.3, -0.25) is 4.79 Å². The van der Waals surface area contributed by atoms with Crippen molar-refractivity contribution >= 4 is 40.8 Å². The quantitative estimate of drug-likeness (QED) is 0.757. The van der Waals surface area contributed by atoms with Gasteiger partial charge in [0.25, 0.3) is 5.91 Å². The third kappa shape index (κ3) is 4.46. The predicted molar refractivity (Wildman–Crippen MR) is 98.3 cm³/mol. The van der Waals surface area contributed by atoms with Gasteiger partial charge in [0.1, 0.15) is 10.8 Å². The maximum absolute atomic E-state index is 12.3. The highest BCUT2D eigenvalue weighted by Gasteiger charge is 2.24. The molecule has 25 heavy (non-hydrogen) atoms. The molecule has 1 saturated heterocycles. The highest BCUT2D eigenvalue weighted by atomic mass is 35.5. The van der Waals surface area contributed by atoms with E-state index >= 15 is 0 Å². The molecule has 0 bridgehead atoms. The Balaban J connectivity index is 1.48. The van der Waals surface area contributed by atoms with Gasteiger partial charge in [-0.1, -0.05) is 41.4 Å². The first kappa shape index (κ1) is 17.6. The lowest BCUT2D eigenvalue weighted by molar-refractivity contribution is 0.0915. The van der Waals surface area contributed by atoms with Crippen LogP contribution in [0.3, 0.4) is 0 Å². The number of nitrogens with zero attached hydrogens (tertiary/aromatic N) is 1. The largest absolute Gasteiger partial charge is 0.348 e. The fourth-order valence-electron chi connectivity index (χ4n) is 2.74. The molecular formula is C17H18Cl2N4O2. The number of halogens is 2. The molecule has 0 aliphatic carbocycles. The van der Waals surface area contributed by atoms with Crippen LogP contribution >= 0.6 is 23.2 Å². The van der Waals surface area contributed by atoms with Crippen molar-refractivity contribution in [3.05, 3.63) is 52.3 Å². The highest BCUT2D eigenvalue weighted by Crippen LogP contribution is 2.22. The zero-order chi connectivity index (χ0) is 17.8. The zero-order valence-corrected chi connectivity index (χ0v) is 14.9. The van der Waals surface area contributed by atoms with Crippen molar-refractivity contribution < 1.29 is 9.59 Å². The van der Waals surface area contributed by atoms with Crippen molar-refractivity contribution in [1.29, 1.82) is 0 Å². The number of carbonyl (C=O) groups excluding carboxylic acids is 2. The number of amides is 3. The Morgan fingerprint density at radius 3 is 2.40 bits per heavy atom. The molecule has 2 aromatic rings. The SMILES string of the molecule is O=C(NC1CCN(C(=O)Nc2ccccc2)CC1)c1cc(Cl)c(Cl)[nH]1. The average molecular weight is 381 g/mol. The Morgan fingerprint density at radius 2 is 1.80 bits per heavy atom. The first-order valence-electron chi connectivity index (χ1n) is 7.99. The number of nitrogens with one attached hydrogen (secondary N) is 3.